The third-order valence-corrected chi connectivity index (χ3v) is 7.17. The fourth-order valence-electron chi connectivity index (χ4n) is 5.83. The molecule has 6 nitrogen and oxygen atoms in total. The topological polar surface area (TPSA) is 92.7 Å². The molecular formula is C32H39LiN2O4. The van der Waals surface area contributed by atoms with Crippen molar-refractivity contribution in [3.8, 4) is 0 Å². The zero-order valence-corrected chi connectivity index (χ0v) is 24.6. The molecule has 0 amide bonds. The van der Waals surface area contributed by atoms with Gasteiger partial charge in [-0.2, -0.15) is 5.70 Å². The molecule has 7 heteroatoms. The van der Waals surface area contributed by atoms with Gasteiger partial charge >= 0.3 is 24.8 Å². The van der Waals surface area contributed by atoms with E-state index in [1.807, 2.05) is 39.0 Å². The predicted octanol–water partition coefficient (Wildman–Crippen LogP) is 3.70. The minimum atomic E-state index is -0.614. The molecule has 2 atom stereocenters. The van der Waals surface area contributed by atoms with Gasteiger partial charge in [0.25, 0.3) is 0 Å². The number of esters is 1. The van der Waals surface area contributed by atoms with E-state index in [0.717, 1.165) is 11.3 Å². The SMILES string of the molecule is CCOC(=O)C1=C(COC(C)(C)C)[N-]C2=C(C(=O)CC(c3c(C)cc(C)cc3C)C2)C1c1cccc(N)c1.[Li+]. The number of allylic oxidation sites excluding steroid dienone is 2. The Hall–Kier alpha value is -2.78. The summed E-state index contributed by atoms with van der Waals surface area (Å²) in [6.45, 7) is 14.3. The fraction of sp³-hybridized carbons (Fsp3) is 0.438. The summed E-state index contributed by atoms with van der Waals surface area (Å²) >= 11 is 0. The van der Waals surface area contributed by atoms with Gasteiger partial charge in [0.1, 0.15) is 0 Å². The van der Waals surface area contributed by atoms with Crippen LogP contribution in [0.25, 0.3) is 5.32 Å². The number of nitrogens with two attached hydrogens (primary N) is 1. The average Bonchev–Trinajstić information content (AvgIpc) is 2.80. The monoisotopic (exact) mass is 522 g/mol. The van der Waals surface area contributed by atoms with Crippen molar-refractivity contribution in [3.05, 3.63) is 92.1 Å². The third-order valence-electron chi connectivity index (χ3n) is 7.17. The first-order chi connectivity index (χ1) is 17.9. The summed E-state index contributed by atoms with van der Waals surface area (Å²) in [6, 6.07) is 11.7. The molecule has 2 aliphatic rings. The quantitative estimate of drug-likeness (QED) is 0.355. The molecule has 0 bridgehead atoms. The molecule has 1 aliphatic heterocycles. The molecule has 0 aromatic heterocycles. The number of nitrogens with zero attached hydrogens (tertiary/aromatic N) is 1. The molecule has 2 aromatic rings. The maximum Gasteiger partial charge on any atom is 1.00 e. The number of hydrogen-bond acceptors (Lipinski definition) is 5. The second-order valence-corrected chi connectivity index (χ2v) is 11.4. The first-order valence-electron chi connectivity index (χ1n) is 13.3. The van der Waals surface area contributed by atoms with Gasteiger partial charge in [-0.25, -0.2) is 4.79 Å². The number of ketones is 1. The van der Waals surface area contributed by atoms with Crippen LogP contribution in [0.1, 0.15) is 80.2 Å². The van der Waals surface area contributed by atoms with Gasteiger partial charge in [0.15, 0.2) is 5.78 Å². The van der Waals surface area contributed by atoms with Crippen molar-refractivity contribution in [1.29, 1.82) is 0 Å². The van der Waals surface area contributed by atoms with E-state index in [-0.39, 0.29) is 43.8 Å². The van der Waals surface area contributed by atoms with Crippen LogP contribution < -0.4 is 24.6 Å². The molecule has 2 unspecified atom stereocenters. The van der Waals surface area contributed by atoms with Gasteiger partial charge in [0.2, 0.25) is 0 Å². The van der Waals surface area contributed by atoms with Crippen LogP contribution in [0.4, 0.5) is 5.69 Å². The van der Waals surface area contributed by atoms with E-state index in [4.69, 9.17) is 20.5 Å². The van der Waals surface area contributed by atoms with E-state index in [9.17, 15) is 9.59 Å². The van der Waals surface area contributed by atoms with Crippen LogP contribution in [-0.4, -0.2) is 30.6 Å². The van der Waals surface area contributed by atoms with Crippen molar-refractivity contribution in [2.75, 3.05) is 18.9 Å². The summed E-state index contributed by atoms with van der Waals surface area (Å²) in [7, 11) is 0. The van der Waals surface area contributed by atoms with Crippen LogP contribution in [0.5, 0.6) is 0 Å². The Morgan fingerprint density at radius 3 is 2.33 bits per heavy atom. The zero-order chi connectivity index (χ0) is 27.8. The van der Waals surface area contributed by atoms with E-state index in [1.165, 1.54) is 22.3 Å². The maximum atomic E-state index is 14.0. The molecule has 0 spiro atoms. The molecule has 0 saturated carbocycles. The molecule has 2 N–H and O–H groups in total. The van der Waals surface area contributed by atoms with Gasteiger partial charge in [0, 0.05) is 23.6 Å². The number of hydrogen-bond donors (Lipinski definition) is 1. The summed E-state index contributed by atoms with van der Waals surface area (Å²) in [5.74, 6) is -1.08. The van der Waals surface area contributed by atoms with E-state index in [1.54, 1.807) is 13.0 Å². The predicted molar refractivity (Wildman–Crippen MR) is 151 cm³/mol. The number of anilines is 1. The van der Waals surface area contributed by atoms with Crippen molar-refractivity contribution >= 4 is 17.4 Å². The molecule has 1 aliphatic carbocycles. The Bertz CT molecular complexity index is 1310. The van der Waals surface area contributed by atoms with E-state index >= 15 is 0 Å². The summed E-state index contributed by atoms with van der Waals surface area (Å²) in [6.07, 6.45) is 0.974. The Labute approximate surface area is 244 Å². The molecule has 0 saturated heterocycles. The minimum Gasteiger partial charge on any atom is -0.662 e. The molecule has 0 radical (unpaired) electrons. The van der Waals surface area contributed by atoms with Crippen molar-refractivity contribution in [3.63, 3.8) is 0 Å². The summed E-state index contributed by atoms with van der Waals surface area (Å²) in [4.78, 5) is 27.4. The Kier molecular flexibility index (Phi) is 9.59. The van der Waals surface area contributed by atoms with Crippen LogP contribution in [0.3, 0.4) is 0 Å². The number of carbonyl (C=O) groups is 2. The van der Waals surface area contributed by atoms with E-state index in [0.29, 0.717) is 35.4 Å². The Morgan fingerprint density at radius 1 is 1.08 bits per heavy atom. The van der Waals surface area contributed by atoms with Gasteiger partial charge in [-0.05, 0) is 101 Å². The second-order valence-electron chi connectivity index (χ2n) is 11.4. The van der Waals surface area contributed by atoms with Gasteiger partial charge < -0.3 is 20.5 Å². The largest absolute Gasteiger partial charge is 1.00 e. The second kappa shape index (κ2) is 12.2. The Morgan fingerprint density at radius 2 is 1.74 bits per heavy atom. The third kappa shape index (κ3) is 6.69. The van der Waals surface area contributed by atoms with E-state index in [2.05, 4.69) is 32.9 Å². The maximum absolute atomic E-state index is 14.0. The van der Waals surface area contributed by atoms with Gasteiger partial charge in [-0.15, -0.1) is 5.70 Å². The average molecular weight is 523 g/mol. The first kappa shape index (κ1) is 30.8. The standard InChI is InChI=1S/C32H40N2O4.Li/c1-8-37-31(36)30-25(17-38-32(5,6)7)34-24-15-22(27-19(3)12-18(2)13-20(27)4)16-26(35)29(24)28(30)21-10-9-11-23(33)14-21;/h9-14,22,28H,8,15-17,33H2,1-7H3,(H,34,35,36);/q;+1/p-1. The fourth-order valence-corrected chi connectivity index (χ4v) is 5.83. The number of Topliss-reactive ketones (excluding diaryl/α,β-unsaturated/α-hetero) is 1. The normalized spacial score (nSPS) is 19.3. The molecule has 39 heavy (non-hydrogen) atoms. The smallest absolute Gasteiger partial charge is 0.662 e. The van der Waals surface area contributed by atoms with Crippen LogP contribution in [-0.2, 0) is 19.1 Å². The van der Waals surface area contributed by atoms with Gasteiger partial charge in [-0.3, -0.25) is 4.79 Å². The van der Waals surface area contributed by atoms with Crippen LogP contribution in [0, 0.1) is 20.8 Å². The number of ether oxygens (including phenoxy) is 2. The van der Waals surface area contributed by atoms with Crippen LogP contribution in [0.15, 0.2) is 58.9 Å². The zero-order valence-electron chi connectivity index (χ0n) is 24.6. The summed E-state index contributed by atoms with van der Waals surface area (Å²) in [5.41, 5.74) is 14.0. The number of benzene rings is 2. The van der Waals surface area contributed by atoms with Crippen LogP contribution >= 0.6 is 0 Å². The molecule has 1 heterocycles. The molecule has 2 aromatic carbocycles. The van der Waals surface area contributed by atoms with Crippen molar-refractivity contribution in [2.24, 2.45) is 0 Å². The van der Waals surface area contributed by atoms with Crippen molar-refractivity contribution < 1.29 is 37.9 Å². The van der Waals surface area contributed by atoms with Crippen LogP contribution in [0.2, 0.25) is 0 Å². The molecule has 0 fully saturated rings. The number of aryl methyl sites for hydroxylation is 3. The minimum absolute atomic E-state index is 0. The molecule has 202 valence electrons. The Balaban J connectivity index is 0.00000420. The first-order valence-corrected chi connectivity index (χ1v) is 13.3. The van der Waals surface area contributed by atoms with Gasteiger partial charge in [0.05, 0.1) is 18.8 Å². The summed E-state index contributed by atoms with van der Waals surface area (Å²) in [5, 5.41) is 4.97. The summed E-state index contributed by atoms with van der Waals surface area (Å²) < 4.78 is 11.6. The van der Waals surface area contributed by atoms with Gasteiger partial charge in [-0.1, -0.05) is 29.8 Å². The molecular weight excluding hydrogens is 483 g/mol. The van der Waals surface area contributed by atoms with Crippen molar-refractivity contribution in [2.45, 2.75) is 78.7 Å². The number of rotatable bonds is 6. The number of nitrogen functional groups attached to an aromatic ring is 1. The van der Waals surface area contributed by atoms with E-state index < -0.39 is 17.5 Å². The number of carbonyl (C=O) groups excluding carboxylic acids is 2. The molecule has 4 rings (SSSR count). The van der Waals surface area contributed by atoms with Crippen molar-refractivity contribution in [1.82, 2.24) is 0 Å².